The molecule has 4 heteroatoms. The van der Waals surface area contributed by atoms with Crippen LogP contribution in [0.2, 0.25) is 0 Å². The molecule has 0 saturated carbocycles. The molecule has 136 valence electrons. The fourth-order valence-corrected chi connectivity index (χ4v) is 4.64. The van der Waals surface area contributed by atoms with Gasteiger partial charge in [-0.2, -0.15) is 5.26 Å². The van der Waals surface area contributed by atoms with Gasteiger partial charge in [-0.1, -0.05) is 18.2 Å². The van der Waals surface area contributed by atoms with E-state index >= 15 is 0 Å². The van der Waals surface area contributed by atoms with Crippen LogP contribution >= 0.6 is 0 Å². The summed E-state index contributed by atoms with van der Waals surface area (Å²) in [6.45, 7) is 4.28. The van der Waals surface area contributed by atoms with Gasteiger partial charge < -0.3 is 10.3 Å². The van der Waals surface area contributed by atoms with Crippen LogP contribution in [0.3, 0.4) is 0 Å². The lowest BCUT2D eigenvalue weighted by Crippen LogP contribution is -2.31. The minimum absolute atomic E-state index is 0.742. The number of para-hydroxylation sites is 1. The summed E-state index contributed by atoms with van der Waals surface area (Å²) in [6, 6.07) is 15.0. The lowest BCUT2D eigenvalue weighted by atomic mass is 10.0. The molecule has 0 saturated heterocycles. The van der Waals surface area contributed by atoms with Crippen LogP contribution in [-0.4, -0.2) is 29.5 Å². The van der Waals surface area contributed by atoms with Crippen molar-refractivity contribution in [2.75, 3.05) is 25.0 Å². The van der Waals surface area contributed by atoms with Crippen molar-refractivity contribution in [2.45, 2.75) is 32.2 Å². The number of aryl methyl sites for hydroxylation is 1. The molecule has 2 N–H and O–H groups in total. The summed E-state index contributed by atoms with van der Waals surface area (Å²) in [6.07, 6.45) is 4.53. The molecule has 0 spiro atoms. The molecule has 3 heterocycles. The van der Waals surface area contributed by atoms with E-state index < -0.39 is 0 Å². The van der Waals surface area contributed by atoms with E-state index in [2.05, 4.69) is 39.5 Å². The zero-order chi connectivity index (χ0) is 18.2. The molecule has 0 radical (unpaired) electrons. The predicted octanol–water partition coefficient (Wildman–Crippen LogP) is 4.00. The highest BCUT2D eigenvalue weighted by molar-refractivity contribution is 5.86. The molecule has 0 bridgehead atoms. The van der Waals surface area contributed by atoms with Crippen molar-refractivity contribution in [3.05, 3.63) is 64.3 Å². The summed E-state index contributed by atoms with van der Waals surface area (Å²) in [7, 11) is 0. The maximum absolute atomic E-state index is 9.21. The fraction of sp³-hybridized carbons (Fsp3) is 0.348. The number of anilines is 1. The molecule has 0 unspecified atom stereocenters. The van der Waals surface area contributed by atoms with Gasteiger partial charge in [0, 0.05) is 48.3 Å². The summed E-state index contributed by atoms with van der Waals surface area (Å²) < 4.78 is 0. The van der Waals surface area contributed by atoms with Crippen LogP contribution in [0, 0.1) is 11.3 Å². The molecular weight excluding hydrogens is 332 g/mol. The van der Waals surface area contributed by atoms with Gasteiger partial charge in [0.1, 0.15) is 0 Å². The van der Waals surface area contributed by atoms with Crippen LogP contribution in [0.25, 0.3) is 10.9 Å². The molecule has 2 aliphatic rings. The highest BCUT2D eigenvalue weighted by Crippen LogP contribution is 2.30. The first kappa shape index (κ1) is 16.4. The molecule has 2 aromatic carbocycles. The van der Waals surface area contributed by atoms with E-state index in [9.17, 15) is 5.26 Å². The normalized spacial score (nSPS) is 16.0. The topological polar surface area (TPSA) is 54.9 Å². The number of fused-ring (bicyclic) bond motifs is 4. The largest absolute Gasteiger partial charge is 0.384 e. The van der Waals surface area contributed by atoms with E-state index in [1.807, 2.05) is 18.2 Å². The molecule has 2 aliphatic heterocycles. The van der Waals surface area contributed by atoms with Crippen LogP contribution < -0.4 is 5.32 Å². The molecule has 5 rings (SSSR count). The van der Waals surface area contributed by atoms with E-state index in [-0.39, 0.29) is 0 Å². The quantitative estimate of drug-likeness (QED) is 0.743. The van der Waals surface area contributed by atoms with Crippen molar-refractivity contribution in [3.63, 3.8) is 0 Å². The van der Waals surface area contributed by atoms with Crippen molar-refractivity contribution in [1.29, 1.82) is 5.26 Å². The number of nitrogens with zero attached hydrogens (tertiary/aromatic N) is 2. The summed E-state index contributed by atoms with van der Waals surface area (Å²) in [4.78, 5) is 6.11. The summed E-state index contributed by atoms with van der Waals surface area (Å²) >= 11 is 0. The van der Waals surface area contributed by atoms with E-state index in [1.54, 1.807) is 0 Å². The Morgan fingerprint density at radius 3 is 3.04 bits per heavy atom. The summed E-state index contributed by atoms with van der Waals surface area (Å²) in [5.74, 6) is 0. The minimum atomic E-state index is 0.742. The highest BCUT2D eigenvalue weighted by atomic mass is 15.1. The molecule has 0 fully saturated rings. The maximum Gasteiger partial charge on any atom is 0.0991 e. The Morgan fingerprint density at radius 2 is 2.11 bits per heavy atom. The Kier molecular flexibility index (Phi) is 4.10. The van der Waals surface area contributed by atoms with Crippen molar-refractivity contribution in [1.82, 2.24) is 9.88 Å². The second kappa shape index (κ2) is 6.75. The van der Waals surface area contributed by atoms with E-state index in [1.165, 1.54) is 39.9 Å². The van der Waals surface area contributed by atoms with Crippen molar-refractivity contribution < 1.29 is 0 Å². The molecule has 4 nitrogen and oxygen atoms in total. The number of nitriles is 1. The van der Waals surface area contributed by atoms with Crippen molar-refractivity contribution in [3.8, 4) is 6.07 Å². The lowest BCUT2D eigenvalue weighted by Gasteiger charge is -2.27. The highest BCUT2D eigenvalue weighted by Gasteiger charge is 2.21. The Morgan fingerprint density at radius 1 is 1.15 bits per heavy atom. The second-order valence-electron chi connectivity index (χ2n) is 7.71. The molecule has 0 atom stereocenters. The molecule has 3 aromatic rings. The zero-order valence-electron chi connectivity index (χ0n) is 15.5. The molecule has 0 amide bonds. The van der Waals surface area contributed by atoms with Gasteiger partial charge in [-0.15, -0.1) is 0 Å². The van der Waals surface area contributed by atoms with Crippen LogP contribution in [0.1, 0.15) is 34.4 Å². The first-order valence-corrected chi connectivity index (χ1v) is 9.92. The van der Waals surface area contributed by atoms with Crippen LogP contribution in [0.4, 0.5) is 5.69 Å². The van der Waals surface area contributed by atoms with Crippen LogP contribution in [-0.2, 0) is 25.8 Å². The number of aromatic nitrogens is 1. The maximum atomic E-state index is 9.21. The van der Waals surface area contributed by atoms with E-state index in [0.717, 1.165) is 56.5 Å². The van der Waals surface area contributed by atoms with Crippen molar-refractivity contribution >= 4 is 16.6 Å². The van der Waals surface area contributed by atoms with Gasteiger partial charge in [0.15, 0.2) is 0 Å². The molecular formula is C23H24N4. The third-order valence-electron chi connectivity index (χ3n) is 6.04. The second-order valence-corrected chi connectivity index (χ2v) is 7.71. The van der Waals surface area contributed by atoms with Gasteiger partial charge in [0.2, 0.25) is 0 Å². The Labute approximate surface area is 159 Å². The molecule has 0 aliphatic carbocycles. The average Bonchev–Trinajstić information content (AvgIpc) is 3.32. The van der Waals surface area contributed by atoms with Crippen LogP contribution in [0.5, 0.6) is 0 Å². The van der Waals surface area contributed by atoms with Gasteiger partial charge >= 0.3 is 0 Å². The van der Waals surface area contributed by atoms with E-state index in [0.29, 0.717) is 0 Å². The van der Waals surface area contributed by atoms with Gasteiger partial charge in [0.05, 0.1) is 11.6 Å². The Bertz CT molecular complexity index is 1040. The third kappa shape index (κ3) is 2.98. The molecule has 27 heavy (non-hydrogen) atoms. The zero-order valence-corrected chi connectivity index (χ0v) is 15.5. The SMILES string of the molecule is N#Cc1ccc2[nH]c3c(c2c1)CN(CCCc1cccc2c1NCC2)CC3. The number of H-pyrrole nitrogens is 1. The third-order valence-corrected chi connectivity index (χ3v) is 6.04. The minimum Gasteiger partial charge on any atom is -0.384 e. The Balaban J connectivity index is 1.28. The smallest absolute Gasteiger partial charge is 0.0991 e. The predicted molar refractivity (Wildman–Crippen MR) is 109 cm³/mol. The fourth-order valence-electron chi connectivity index (χ4n) is 4.64. The number of benzene rings is 2. The van der Waals surface area contributed by atoms with Gasteiger partial charge in [-0.3, -0.25) is 4.90 Å². The van der Waals surface area contributed by atoms with Gasteiger partial charge in [0.25, 0.3) is 0 Å². The lowest BCUT2D eigenvalue weighted by molar-refractivity contribution is 0.251. The average molecular weight is 356 g/mol. The monoisotopic (exact) mass is 356 g/mol. The summed E-state index contributed by atoms with van der Waals surface area (Å²) in [5, 5.41) is 14.0. The van der Waals surface area contributed by atoms with Crippen LogP contribution in [0.15, 0.2) is 36.4 Å². The first-order valence-electron chi connectivity index (χ1n) is 9.92. The Hall–Kier alpha value is -2.77. The van der Waals surface area contributed by atoms with Gasteiger partial charge in [-0.25, -0.2) is 0 Å². The summed E-state index contributed by atoms with van der Waals surface area (Å²) in [5.41, 5.74) is 8.96. The first-order chi connectivity index (χ1) is 13.3. The number of aromatic amines is 1. The number of rotatable bonds is 4. The van der Waals surface area contributed by atoms with Gasteiger partial charge in [-0.05, 0) is 60.7 Å². The molecule has 1 aromatic heterocycles. The number of hydrogen-bond donors (Lipinski definition) is 2. The standard InChI is InChI=1S/C23H24N4/c24-14-16-6-7-21-19(13-16)20-15-27(12-9-22(20)26-21)11-2-5-17-3-1-4-18-8-10-25-23(17)18/h1,3-4,6-7,13,25-26H,2,5,8-12,15H2. The van der Waals surface area contributed by atoms with E-state index in [4.69, 9.17) is 0 Å². The number of nitrogens with one attached hydrogen (secondary N) is 2. The van der Waals surface area contributed by atoms with Crippen molar-refractivity contribution in [2.24, 2.45) is 0 Å². The number of hydrogen-bond acceptors (Lipinski definition) is 3.